The van der Waals surface area contributed by atoms with Gasteiger partial charge in [-0.3, -0.25) is 0 Å². The van der Waals surface area contributed by atoms with Crippen molar-refractivity contribution in [3.63, 3.8) is 0 Å². The molecule has 3 rings (SSSR count). The van der Waals surface area contributed by atoms with Gasteiger partial charge in [0.15, 0.2) is 0 Å². The number of aromatic nitrogens is 1. The molecule has 1 fully saturated rings. The first-order valence-corrected chi connectivity index (χ1v) is 7.26. The minimum Gasteiger partial charge on any atom is -0.388 e. The van der Waals surface area contributed by atoms with Crippen molar-refractivity contribution in [3.05, 3.63) is 23.0 Å². The minimum atomic E-state index is -0.263. The number of fused-ring (bicyclic) bond motifs is 1. The third kappa shape index (κ3) is 1.82. The molecular formula is C16H25NO. The van der Waals surface area contributed by atoms with Crippen molar-refractivity contribution in [1.29, 1.82) is 0 Å². The Bertz CT molecular complexity index is 466. The SMILES string of the molecule is Cc1cc2c(n1C1CC(C)C1)CC(C)(C)CC2O. The zero-order valence-corrected chi connectivity index (χ0v) is 12.0. The van der Waals surface area contributed by atoms with E-state index in [4.69, 9.17) is 0 Å². The van der Waals surface area contributed by atoms with Crippen LogP contribution in [0, 0.1) is 18.3 Å². The molecule has 1 aromatic heterocycles. The first-order chi connectivity index (χ1) is 8.37. The summed E-state index contributed by atoms with van der Waals surface area (Å²) in [4.78, 5) is 0. The summed E-state index contributed by atoms with van der Waals surface area (Å²) in [5.74, 6) is 0.869. The maximum absolute atomic E-state index is 10.3. The van der Waals surface area contributed by atoms with E-state index in [9.17, 15) is 5.11 Å². The van der Waals surface area contributed by atoms with Gasteiger partial charge in [0.2, 0.25) is 0 Å². The Morgan fingerprint density at radius 1 is 1.33 bits per heavy atom. The summed E-state index contributed by atoms with van der Waals surface area (Å²) in [6.07, 6.45) is 4.35. The molecule has 2 aliphatic carbocycles. The van der Waals surface area contributed by atoms with E-state index in [0.29, 0.717) is 6.04 Å². The van der Waals surface area contributed by atoms with E-state index in [0.717, 1.165) is 18.8 Å². The van der Waals surface area contributed by atoms with Crippen LogP contribution in [0.3, 0.4) is 0 Å². The Balaban J connectivity index is 2.01. The van der Waals surface area contributed by atoms with Gasteiger partial charge in [-0.2, -0.15) is 0 Å². The molecule has 0 aliphatic heterocycles. The van der Waals surface area contributed by atoms with Gasteiger partial charge in [0.1, 0.15) is 0 Å². The Kier molecular flexibility index (Phi) is 2.64. The lowest BCUT2D eigenvalue weighted by Gasteiger charge is -2.39. The van der Waals surface area contributed by atoms with Gasteiger partial charge in [-0.15, -0.1) is 0 Å². The molecule has 100 valence electrons. The van der Waals surface area contributed by atoms with E-state index in [2.05, 4.69) is 38.3 Å². The predicted molar refractivity (Wildman–Crippen MR) is 73.7 cm³/mol. The highest BCUT2D eigenvalue weighted by Gasteiger charge is 2.37. The average molecular weight is 247 g/mol. The van der Waals surface area contributed by atoms with Crippen molar-refractivity contribution in [3.8, 4) is 0 Å². The van der Waals surface area contributed by atoms with Gasteiger partial charge >= 0.3 is 0 Å². The zero-order valence-electron chi connectivity index (χ0n) is 12.0. The largest absolute Gasteiger partial charge is 0.388 e. The maximum atomic E-state index is 10.3. The molecule has 18 heavy (non-hydrogen) atoms. The van der Waals surface area contributed by atoms with Gasteiger partial charge in [0.05, 0.1) is 6.10 Å². The molecular weight excluding hydrogens is 222 g/mol. The van der Waals surface area contributed by atoms with Crippen LogP contribution in [-0.4, -0.2) is 9.67 Å². The van der Waals surface area contributed by atoms with Crippen molar-refractivity contribution in [2.75, 3.05) is 0 Å². The Morgan fingerprint density at radius 2 is 2.00 bits per heavy atom. The third-order valence-corrected chi connectivity index (χ3v) is 4.83. The number of hydrogen-bond donors (Lipinski definition) is 1. The molecule has 0 amide bonds. The number of aliphatic hydroxyl groups is 1. The van der Waals surface area contributed by atoms with Gasteiger partial charge < -0.3 is 9.67 Å². The van der Waals surface area contributed by atoms with Crippen molar-refractivity contribution >= 4 is 0 Å². The molecule has 1 unspecified atom stereocenters. The van der Waals surface area contributed by atoms with Crippen molar-refractivity contribution in [2.24, 2.45) is 11.3 Å². The highest BCUT2D eigenvalue weighted by molar-refractivity contribution is 5.34. The van der Waals surface area contributed by atoms with Crippen LogP contribution in [0.4, 0.5) is 0 Å². The topological polar surface area (TPSA) is 25.2 Å². The molecule has 2 aliphatic rings. The first-order valence-electron chi connectivity index (χ1n) is 7.26. The molecule has 0 aromatic carbocycles. The fourth-order valence-corrected chi connectivity index (χ4v) is 3.94. The lowest BCUT2D eigenvalue weighted by atomic mass is 9.75. The Morgan fingerprint density at radius 3 is 2.61 bits per heavy atom. The molecule has 1 atom stereocenters. The fourth-order valence-electron chi connectivity index (χ4n) is 3.94. The maximum Gasteiger partial charge on any atom is 0.0812 e. The summed E-state index contributed by atoms with van der Waals surface area (Å²) in [5, 5.41) is 10.3. The highest BCUT2D eigenvalue weighted by Crippen LogP contribution is 2.46. The third-order valence-electron chi connectivity index (χ3n) is 4.83. The van der Waals surface area contributed by atoms with E-state index in [1.807, 2.05) is 0 Å². The van der Waals surface area contributed by atoms with Crippen LogP contribution in [0.2, 0.25) is 0 Å². The molecule has 1 N–H and O–H groups in total. The summed E-state index contributed by atoms with van der Waals surface area (Å²) in [6, 6.07) is 2.91. The van der Waals surface area contributed by atoms with Crippen LogP contribution in [0.5, 0.6) is 0 Å². The van der Waals surface area contributed by atoms with Crippen LogP contribution < -0.4 is 0 Å². The van der Waals surface area contributed by atoms with E-state index in [1.54, 1.807) is 0 Å². The molecule has 1 heterocycles. The van der Waals surface area contributed by atoms with Crippen LogP contribution in [-0.2, 0) is 6.42 Å². The summed E-state index contributed by atoms with van der Waals surface area (Å²) in [7, 11) is 0. The van der Waals surface area contributed by atoms with E-state index < -0.39 is 0 Å². The second-order valence-electron chi connectivity index (χ2n) is 7.35. The second-order valence-corrected chi connectivity index (χ2v) is 7.35. The standard InChI is InChI=1S/C16H25NO/c1-10-5-12(6-10)17-11(2)7-13-14(17)8-16(3,4)9-15(13)18/h7,10,12,15,18H,5-6,8-9H2,1-4H3. The number of nitrogens with zero attached hydrogens (tertiary/aromatic N) is 1. The lowest BCUT2D eigenvalue weighted by Crippen LogP contribution is -2.31. The Hall–Kier alpha value is -0.760. The summed E-state index contributed by atoms with van der Waals surface area (Å²) >= 11 is 0. The first kappa shape index (κ1) is 12.3. The van der Waals surface area contributed by atoms with Gasteiger partial charge in [-0.25, -0.2) is 0 Å². The van der Waals surface area contributed by atoms with E-state index >= 15 is 0 Å². The smallest absolute Gasteiger partial charge is 0.0812 e. The fraction of sp³-hybridized carbons (Fsp3) is 0.750. The van der Waals surface area contributed by atoms with Crippen molar-refractivity contribution in [2.45, 2.75) is 65.5 Å². The van der Waals surface area contributed by atoms with Crippen LogP contribution in [0.15, 0.2) is 6.07 Å². The second kappa shape index (κ2) is 3.86. The van der Waals surface area contributed by atoms with Crippen molar-refractivity contribution in [1.82, 2.24) is 4.57 Å². The monoisotopic (exact) mass is 247 g/mol. The lowest BCUT2D eigenvalue weighted by molar-refractivity contribution is 0.0952. The number of rotatable bonds is 1. The van der Waals surface area contributed by atoms with Gasteiger partial charge in [-0.1, -0.05) is 20.8 Å². The quantitative estimate of drug-likeness (QED) is 0.803. The van der Waals surface area contributed by atoms with Crippen molar-refractivity contribution < 1.29 is 5.11 Å². The highest BCUT2D eigenvalue weighted by atomic mass is 16.3. The summed E-state index contributed by atoms with van der Waals surface area (Å²) in [6.45, 7) is 9.08. The van der Waals surface area contributed by atoms with Crippen LogP contribution in [0.1, 0.15) is 69.1 Å². The molecule has 0 spiro atoms. The van der Waals surface area contributed by atoms with Crippen LogP contribution >= 0.6 is 0 Å². The van der Waals surface area contributed by atoms with Gasteiger partial charge in [0.25, 0.3) is 0 Å². The molecule has 1 aromatic rings. The molecule has 0 radical (unpaired) electrons. The molecule has 2 heteroatoms. The molecule has 1 saturated carbocycles. The van der Waals surface area contributed by atoms with E-state index in [-0.39, 0.29) is 11.5 Å². The van der Waals surface area contributed by atoms with Crippen LogP contribution in [0.25, 0.3) is 0 Å². The number of hydrogen-bond acceptors (Lipinski definition) is 1. The minimum absolute atomic E-state index is 0.227. The average Bonchev–Trinajstić information content (AvgIpc) is 2.49. The zero-order chi connectivity index (χ0) is 13.1. The molecule has 0 saturated heterocycles. The number of aliphatic hydroxyl groups excluding tert-OH is 1. The summed E-state index contributed by atoms with van der Waals surface area (Å²) < 4.78 is 2.53. The van der Waals surface area contributed by atoms with Gasteiger partial charge in [-0.05, 0) is 50.0 Å². The van der Waals surface area contributed by atoms with Gasteiger partial charge in [0, 0.05) is 23.0 Å². The normalized spacial score (nSPS) is 33.9. The molecule has 0 bridgehead atoms. The predicted octanol–water partition coefficient (Wildman–Crippen LogP) is 3.77. The molecule has 2 nitrogen and oxygen atoms in total. The van der Waals surface area contributed by atoms with E-state index in [1.165, 1.54) is 29.8 Å². The number of aryl methyl sites for hydroxylation is 1. The Labute approximate surface area is 110 Å². The summed E-state index contributed by atoms with van der Waals surface area (Å²) in [5.41, 5.74) is 4.18.